The highest BCUT2D eigenvalue weighted by atomic mass is 19.4. The van der Waals surface area contributed by atoms with E-state index in [1.165, 1.54) is 14.8 Å². The van der Waals surface area contributed by atoms with Gasteiger partial charge in [0, 0.05) is 5.59 Å². The molecule has 0 N–H and O–H groups in total. The van der Waals surface area contributed by atoms with Crippen LogP contribution in [0.25, 0.3) is 0 Å². The van der Waals surface area contributed by atoms with Gasteiger partial charge in [0.25, 0.3) is 0 Å². The SMILES string of the molecule is Bc1nnc(C)cc1C(F)(F)F. The minimum atomic E-state index is -4.33. The van der Waals surface area contributed by atoms with Crippen LogP contribution in [0.15, 0.2) is 6.07 Å². The molecule has 1 aromatic heterocycles. The van der Waals surface area contributed by atoms with E-state index in [1.54, 1.807) is 0 Å². The van der Waals surface area contributed by atoms with Gasteiger partial charge in [-0.1, -0.05) is 0 Å². The minimum Gasteiger partial charge on any atom is -0.166 e. The number of alkyl halides is 3. The van der Waals surface area contributed by atoms with Crippen LogP contribution in [0.5, 0.6) is 0 Å². The Balaban J connectivity index is 3.23. The first-order chi connectivity index (χ1) is 5.41. The van der Waals surface area contributed by atoms with Crippen LogP contribution in [0.4, 0.5) is 13.2 Å². The van der Waals surface area contributed by atoms with Crippen molar-refractivity contribution in [2.24, 2.45) is 0 Å². The molecule has 6 heteroatoms. The fourth-order valence-corrected chi connectivity index (χ4v) is 0.837. The molecule has 0 spiro atoms. The van der Waals surface area contributed by atoms with Crippen molar-refractivity contribution in [1.29, 1.82) is 0 Å². The van der Waals surface area contributed by atoms with Crippen molar-refractivity contribution in [2.45, 2.75) is 13.1 Å². The van der Waals surface area contributed by atoms with E-state index in [2.05, 4.69) is 10.2 Å². The molecule has 0 unspecified atom stereocenters. The summed E-state index contributed by atoms with van der Waals surface area (Å²) in [7, 11) is 1.29. The Kier molecular flexibility index (Phi) is 2.08. The lowest BCUT2D eigenvalue weighted by Crippen LogP contribution is -2.24. The normalized spacial score (nSPS) is 11.7. The van der Waals surface area contributed by atoms with Gasteiger partial charge in [0.1, 0.15) is 0 Å². The fraction of sp³-hybridized carbons (Fsp3) is 0.333. The van der Waals surface area contributed by atoms with Crippen molar-refractivity contribution >= 4 is 13.4 Å². The van der Waals surface area contributed by atoms with Gasteiger partial charge in [0.05, 0.1) is 11.3 Å². The van der Waals surface area contributed by atoms with Crippen LogP contribution in [0.2, 0.25) is 0 Å². The maximum absolute atomic E-state index is 12.2. The van der Waals surface area contributed by atoms with E-state index in [1.807, 2.05) is 0 Å². The number of aromatic nitrogens is 2. The predicted octanol–water partition coefficient (Wildman–Crippen LogP) is 0.0622. The average Bonchev–Trinajstić information content (AvgIpc) is 1.92. The lowest BCUT2D eigenvalue weighted by molar-refractivity contribution is -0.137. The summed E-state index contributed by atoms with van der Waals surface area (Å²) in [6.45, 7) is 1.47. The predicted molar refractivity (Wildman–Crippen MR) is 39.9 cm³/mol. The van der Waals surface area contributed by atoms with Gasteiger partial charge >= 0.3 is 6.18 Å². The second-order valence-corrected chi connectivity index (χ2v) is 2.48. The monoisotopic (exact) mass is 174 g/mol. The molecule has 0 amide bonds. The molecule has 0 radical (unpaired) electrons. The Morgan fingerprint density at radius 2 is 1.92 bits per heavy atom. The summed E-state index contributed by atoms with van der Waals surface area (Å²) in [5.74, 6) is 0. The lowest BCUT2D eigenvalue weighted by atomic mass is 9.97. The Hall–Kier alpha value is -1.07. The van der Waals surface area contributed by atoms with Gasteiger partial charge < -0.3 is 0 Å². The topological polar surface area (TPSA) is 25.8 Å². The molecular formula is C6H6BF3N2. The minimum absolute atomic E-state index is 0.0897. The highest BCUT2D eigenvalue weighted by Gasteiger charge is 2.32. The molecule has 1 heterocycles. The molecule has 0 saturated heterocycles. The molecule has 12 heavy (non-hydrogen) atoms. The zero-order chi connectivity index (χ0) is 9.35. The van der Waals surface area contributed by atoms with Crippen LogP contribution in [0, 0.1) is 6.92 Å². The van der Waals surface area contributed by atoms with Gasteiger partial charge in [0.2, 0.25) is 0 Å². The Morgan fingerprint density at radius 3 is 2.33 bits per heavy atom. The maximum Gasteiger partial charge on any atom is 0.417 e. The Bertz CT molecular complexity index is 297. The molecule has 2 nitrogen and oxygen atoms in total. The molecule has 0 aliphatic carbocycles. The second kappa shape index (κ2) is 2.77. The van der Waals surface area contributed by atoms with E-state index in [9.17, 15) is 13.2 Å². The van der Waals surface area contributed by atoms with E-state index >= 15 is 0 Å². The number of hydrogen-bond donors (Lipinski definition) is 0. The van der Waals surface area contributed by atoms with Crippen molar-refractivity contribution in [3.8, 4) is 0 Å². The molecule has 1 rings (SSSR count). The van der Waals surface area contributed by atoms with Crippen molar-refractivity contribution in [2.75, 3.05) is 0 Å². The van der Waals surface area contributed by atoms with Crippen molar-refractivity contribution in [3.05, 3.63) is 17.3 Å². The summed E-state index contributed by atoms with van der Waals surface area (Å²) < 4.78 is 36.5. The van der Waals surface area contributed by atoms with Crippen LogP contribution in [0.3, 0.4) is 0 Å². The first-order valence-corrected chi connectivity index (χ1v) is 3.29. The van der Waals surface area contributed by atoms with Crippen LogP contribution in [-0.2, 0) is 6.18 Å². The summed E-state index contributed by atoms with van der Waals surface area (Å²) in [5.41, 5.74) is -0.531. The van der Waals surface area contributed by atoms with E-state index < -0.39 is 11.7 Å². The van der Waals surface area contributed by atoms with Gasteiger partial charge in [0.15, 0.2) is 7.85 Å². The number of rotatable bonds is 0. The first kappa shape index (κ1) is 9.03. The quantitative estimate of drug-likeness (QED) is 0.519. The summed E-state index contributed by atoms with van der Waals surface area (Å²) in [5, 5.41) is 6.88. The molecule has 0 atom stereocenters. The van der Waals surface area contributed by atoms with Crippen LogP contribution >= 0.6 is 0 Å². The number of hydrogen-bond acceptors (Lipinski definition) is 2. The third kappa shape index (κ3) is 1.75. The summed E-state index contributed by atoms with van der Waals surface area (Å²) >= 11 is 0. The Morgan fingerprint density at radius 1 is 1.33 bits per heavy atom. The third-order valence-corrected chi connectivity index (χ3v) is 1.41. The van der Waals surface area contributed by atoms with Crippen LogP contribution in [-0.4, -0.2) is 18.0 Å². The second-order valence-electron chi connectivity index (χ2n) is 2.48. The van der Waals surface area contributed by atoms with E-state index in [0.717, 1.165) is 6.07 Å². The van der Waals surface area contributed by atoms with Crippen LogP contribution in [0.1, 0.15) is 11.3 Å². The number of aryl methyl sites for hydroxylation is 1. The van der Waals surface area contributed by atoms with E-state index in [4.69, 9.17) is 0 Å². The Labute approximate surface area is 68.2 Å². The van der Waals surface area contributed by atoms with Gasteiger partial charge in [-0.3, -0.25) is 0 Å². The summed E-state index contributed by atoms with van der Waals surface area (Å²) in [6.07, 6.45) is -4.33. The largest absolute Gasteiger partial charge is 0.417 e. The van der Waals surface area contributed by atoms with Gasteiger partial charge in [-0.05, 0) is 13.0 Å². The van der Waals surface area contributed by atoms with E-state index in [0.29, 0.717) is 0 Å². The lowest BCUT2D eigenvalue weighted by Gasteiger charge is -2.08. The molecule has 0 fully saturated rings. The number of nitrogens with zero attached hydrogens (tertiary/aromatic N) is 2. The molecular weight excluding hydrogens is 168 g/mol. The molecule has 64 valence electrons. The maximum atomic E-state index is 12.2. The average molecular weight is 174 g/mol. The molecule has 1 aromatic rings. The van der Waals surface area contributed by atoms with Crippen LogP contribution < -0.4 is 5.59 Å². The summed E-state index contributed by atoms with van der Waals surface area (Å²) in [6, 6.07) is 0.988. The molecule has 0 saturated carbocycles. The van der Waals surface area contributed by atoms with E-state index in [-0.39, 0.29) is 11.3 Å². The zero-order valence-corrected chi connectivity index (χ0v) is 6.61. The van der Waals surface area contributed by atoms with Gasteiger partial charge in [-0.2, -0.15) is 23.4 Å². The smallest absolute Gasteiger partial charge is 0.166 e. The molecule has 0 aromatic carbocycles. The summed E-state index contributed by atoms with van der Waals surface area (Å²) in [4.78, 5) is 0. The van der Waals surface area contributed by atoms with Gasteiger partial charge in [-0.25, -0.2) is 0 Å². The third-order valence-electron chi connectivity index (χ3n) is 1.41. The first-order valence-electron chi connectivity index (χ1n) is 3.29. The molecule has 0 aliphatic heterocycles. The fourth-order valence-electron chi connectivity index (χ4n) is 0.837. The standard InChI is InChI=1S/C6H6BF3N2/c1-3-2-4(6(8,9)10)5(7)12-11-3/h2H,7H2,1H3. The zero-order valence-electron chi connectivity index (χ0n) is 6.61. The highest BCUT2D eigenvalue weighted by molar-refractivity contribution is 6.31. The highest BCUT2D eigenvalue weighted by Crippen LogP contribution is 2.26. The van der Waals surface area contributed by atoms with Crippen molar-refractivity contribution < 1.29 is 13.2 Å². The number of halogens is 3. The van der Waals surface area contributed by atoms with Gasteiger partial charge in [-0.15, -0.1) is 0 Å². The van der Waals surface area contributed by atoms with Crippen molar-refractivity contribution in [1.82, 2.24) is 10.2 Å². The molecule has 0 bridgehead atoms. The van der Waals surface area contributed by atoms with Crippen molar-refractivity contribution in [3.63, 3.8) is 0 Å². The molecule has 0 aliphatic rings.